The molecule has 0 aromatic carbocycles. The number of likely N-dealkylation sites (N-methyl/N-ethyl adjacent to an activating group) is 1. The molecule has 4 aromatic rings. The number of hydrogen-bond donors (Lipinski definition) is 1. The van der Waals surface area contributed by atoms with Gasteiger partial charge in [0.25, 0.3) is 0 Å². The Morgan fingerprint density at radius 2 is 2.18 bits per heavy atom. The van der Waals surface area contributed by atoms with E-state index in [1.54, 1.807) is 19.5 Å². The fraction of sp³-hybridized carbons (Fsp3) is 0.333. The van der Waals surface area contributed by atoms with Crippen LogP contribution in [-0.4, -0.2) is 63.5 Å². The van der Waals surface area contributed by atoms with Crippen LogP contribution in [0.2, 0.25) is 0 Å². The van der Waals surface area contributed by atoms with E-state index in [1.807, 2.05) is 46.1 Å². The quantitative estimate of drug-likeness (QED) is 0.407. The lowest BCUT2D eigenvalue weighted by Crippen LogP contribution is -2.37. The Morgan fingerprint density at radius 1 is 1.29 bits per heavy atom. The highest BCUT2D eigenvalue weighted by molar-refractivity contribution is 7.12. The molecule has 0 radical (unpaired) electrons. The number of terminal acetylenes is 1. The summed E-state index contributed by atoms with van der Waals surface area (Å²) in [4.78, 5) is 29.5. The summed E-state index contributed by atoms with van der Waals surface area (Å²) in [6.07, 6.45) is 13.0. The van der Waals surface area contributed by atoms with Gasteiger partial charge in [-0.05, 0) is 19.2 Å². The number of fused-ring (bicyclic) bond motifs is 1. The molecule has 0 spiro atoms. The van der Waals surface area contributed by atoms with Crippen molar-refractivity contribution in [3.05, 3.63) is 63.9 Å². The van der Waals surface area contributed by atoms with E-state index in [0.717, 1.165) is 29.9 Å². The molecule has 0 saturated carbocycles. The lowest BCUT2D eigenvalue weighted by molar-refractivity contribution is 0.0996. The van der Waals surface area contributed by atoms with Crippen LogP contribution in [0.15, 0.2) is 47.1 Å². The van der Waals surface area contributed by atoms with Crippen LogP contribution in [0.25, 0.3) is 16.2 Å². The molecule has 1 aliphatic rings. The maximum atomic E-state index is 13.5. The molecule has 2 unspecified atom stereocenters. The topological polar surface area (TPSA) is 90.1 Å². The van der Waals surface area contributed by atoms with Gasteiger partial charge >= 0.3 is 0 Å². The van der Waals surface area contributed by atoms with Gasteiger partial charge in [0.15, 0.2) is 16.2 Å². The lowest BCUT2D eigenvalue weighted by atomic mass is 10.1. The van der Waals surface area contributed by atoms with E-state index in [0.29, 0.717) is 29.6 Å². The van der Waals surface area contributed by atoms with Crippen molar-refractivity contribution < 1.29 is 4.74 Å². The first-order valence-electron chi connectivity index (χ1n) is 11.0. The van der Waals surface area contributed by atoms with E-state index in [4.69, 9.17) is 16.1 Å². The van der Waals surface area contributed by atoms with Gasteiger partial charge in [-0.25, -0.2) is 15.0 Å². The number of nitrogens with zero attached hydrogens (tertiary/aromatic N) is 6. The number of anilines is 1. The summed E-state index contributed by atoms with van der Waals surface area (Å²) in [7, 11) is 3.66. The van der Waals surface area contributed by atoms with Gasteiger partial charge in [0.2, 0.25) is 0 Å². The van der Waals surface area contributed by atoms with Gasteiger partial charge in [-0.2, -0.15) is 0 Å². The van der Waals surface area contributed by atoms with Crippen molar-refractivity contribution in [2.45, 2.75) is 25.1 Å². The van der Waals surface area contributed by atoms with Gasteiger partial charge < -0.3 is 19.5 Å². The molecule has 5 rings (SSSR count). The third-order valence-corrected chi connectivity index (χ3v) is 6.98. The van der Waals surface area contributed by atoms with E-state index in [9.17, 15) is 4.79 Å². The second-order valence-corrected chi connectivity index (χ2v) is 9.01. The van der Waals surface area contributed by atoms with Crippen molar-refractivity contribution in [1.82, 2.24) is 29.4 Å². The highest BCUT2D eigenvalue weighted by Gasteiger charge is 2.32. The molecule has 5 heterocycles. The van der Waals surface area contributed by atoms with E-state index in [2.05, 4.69) is 26.1 Å². The Balaban J connectivity index is 1.60. The predicted molar refractivity (Wildman–Crippen MR) is 133 cm³/mol. The minimum Gasteiger partial charge on any atom is -0.378 e. The highest BCUT2D eigenvalue weighted by atomic mass is 32.1. The van der Waals surface area contributed by atoms with Crippen LogP contribution in [0.4, 0.5) is 5.82 Å². The molecule has 10 heteroatoms. The Morgan fingerprint density at radius 3 is 2.88 bits per heavy atom. The van der Waals surface area contributed by atoms with Crippen LogP contribution in [-0.2, 0) is 17.7 Å². The maximum Gasteiger partial charge on any atom is 0.195 e. The number of rotatable bonds is 7. The number of nitrogens with one attached hydrogen (secondary N) is 1. The van der Waals surface area contributed by atoms with Crippen molar-refractivity contribution in [2.24, 2.45) is 0 Å². The van der Waals surface area contributed by atoms with Crippen molar-refractivity contribution >= 4 is 28.2 Å². The summed E-state index contributed by atoms with van der Waals surface area (Å²) in [5.41, 5.74) is 1.12. The molecule has 0 aliphatic carbocycles. The molecule has 1 fully saturated rings. The smallest absolute Gasteiger partial charge is 0.195 e. The third-order valence-electron chi connectivity index (χ3n) is 6.21. The second-order valence-electron chi connectivity index (χ2n) is 8.14. The summed E-state index contributed by atoms with van der Waals surface area (Å²) >= 11 is 1.49. The molecule has 1 N–H and O–H groups in total. The van der Waals surface area contributed by atoms with Gasteiger partial charge in [-0.1, -0.05) is 5.92 Å². The Bertz CT molecular complexity index is 1390. The van der Waals surface area contributed by atoms with Crippen LogP contribution < -0.4 is 15.6 Å². The molecule has 1 saturated heterocycles. The van der Waals surface area contributed by atoms with Gasteiger partial charge in [-0.15, -0.1) is 17.8 Å². The average molecular weight is 476 g/mol. The molecule has 1 aliphatic heterocycles. The average Bonchev–Trinajstić information content (AvgIpc) is 3.62. The van der Waals surface area contributed by atoms with Crippen molar-refractivity contribution in [3.8, 4) is 17.5 Å². The fourth-order valence-electron chi connectivity index (χ4n) is 4.43. The SMILES string of the molecule is C#CCn1ccnc1Cc1cn(-c2nccs2)c2nc(N3CC(NC)C(OC)C3)ccc2c1=O. The zero-order chi connectivity index (χ0) is 23.7. The standard InChI is InChI=1S/C24H25N7O2S/c1-4-9-29-10-7-26-21(29)12-16-13-31(24-27-8-11-34-24)23-17(22(16)32)5-6-20(28-23)30-14-18(25-2)19(15-30)33-3/h1,5-8,10-11,13,18-19,25H,9,12,14-15H2,2-3H3. The number of methoxy groups -OCH3 is 1. The Labute approximate surface area is 201 Å². The van der Waals surface area contributed by atoms with Gasteiger partial charge in [-0.3, -0.25) is 9.36 Å². The Kier molecular flexibility index (Phi) is 6.15. The number of thiazole rings is 1. The number of ether oxygens (including phenoxy) is 1. The molecule has 9 nitrogen and oxygen atoms in total. The second kappa shape index (κ2) is 9.38. The first-order valence-corrected chi connectivity index (χ1v) is 11.8. The summed E-state index contributed by atoms with van der Waals surface area (Å²) in [5, 5.41) is 6.50. The molecule has 4 aromatic heterocycles. The number of hydrogen-bond acceptors (Lipinski definition) is 8. The molecule has 2 atom stereocenters. The first kappa shape index (κ1) is 22.3. The Hall–Kier alpha value is -3.52. The number of aromatic nitrogens is 5. The maximum absolute atomic E-state index is 13.5. The molecular formula is C24H25N7O2S. The normalized spacial score (nSPS) is 18.0. The van der Waals surface area contributed by atoms with E-state index in [1.165, 1.54) is 11.3 Å². The van der Waals surface area contributed by atoms with Crippen LogP contribution in [0.5, 0.6) is 0 Å². The molecule has 0 bridgehead atoms. The molecule has 0 amide bonds. The van der Waals surface area contributed by atoms with Crippen LogP contribution >= 0.6 is 11.3 Å². The third kappa shape index (κ3) is 3.98. The monoisotopic (exact) mass is 475 g/mol. The number of imidazole rings is 1. The van der Waals surface area contributed by atoms with Gasteiger partial charge in [0.1, 0.15) is 11.6 Å². The van der Waals surface area contributed by atoms with Gasteiger partial charge in [0.05, 0.1) is 24.1 Å². The van der Waals surface area contributed by atoms with Crippen molar-refractivity contribution in [1.29, 1.82) is 0 Å². The minimum absolute atomic E-state index is 0.0674. The zero-order valence-electron chi connectivity index (χ0n) is 19.0. The zero-order valence-corrected chi connectivity index (χ0v) is 19.8. The summed E-state index contributed by atoms with van der Waals surface area (Å²) < 4.78 is 9.40. The summed E-state index contributed by atoms with van der Waals surface area (Å²) in [6, 6.07) is 3.97. The van der Waals surface area contributed by atoms with E-state index >= 15 is 0 Å². The van der Waals surface area contributed by atoms with E-state index < -0.39 is 0 Å². The lowest BCUT2D eigenvalue weighted by Gasteiger charge is -2.19. The minimum atomic E-state index is -0.0681. The summed E-state index contributed by atoms with van der Waals surface area (Å²) in [5.74, 6) is 4.17. The number of pyridine rings is 2. The molecular weight excluding hydrogens is 450 g/mol. The largest absolute Gasteiger partial charge is 0.378 e. The molecule has 34 heavy (non-hydrogen) atoms. The van der Waals surface area contributed by atoms with Crippen LogP contribution in [0.1, 0.15) is 11.4 Å². The van der Waals surface area contributed by atoms with Crippen LogP contribution in [0.3, 0.4) is 0 Å². The highest BCUT2D eigenvalue weighted by Crippen LogP contribution is 2.25. The fourth-order valence-corrected chi connectivity index (χ4v) is 5.05. The van der Waals surface area contributed by atoms with Gasteiger partial charge in [0, 0.05) is 62.4 Å². The van der Waals surface area contributed by atoms with Crippen LogP contribution in [0, 0.1) is 12.3 Å². The summed E-state index contributed by atoms with van der Waals surface area (Å²) in [6.45, 7) is 1.89. The first-order chi connectivity index (χ1) is 16.6. The van der Waals surface area contributed by atoms with Crippen molar-refractivity contribution in [2.75, 3.05) is 32.1 Å². The van der Waals surface area contributed by atoms with E-state index in [-0.39, 0.29) is 17.6 Å². The predicted octanol–water partition coefficient (Wildman–Crippen LogP) is 1.69. The molecule has 174 valence electrons. The van der Waals surface area contributed by atoms with Crippen molar-refractivity contribution in [3.63, 3.8) is 0 Å².